The molecule has 0 aliphatic heterocycles. The predicted octanol–water partition coefficient (Wildman–Crippen LogP) is 3.63. The molecule has 2 saturated carbocycles. The molecule has 1 aromatic heterocycles. The highest BCUT2D eigenvalue weighted by Crippen LogP contribution is 2.49. The van der Waals surface area contributed by atoms with E-state index in [1.807, 2.05) is 7.05 Å². The van der Waals surface area contributed by atoms with E-state index in [-0.39, 0.29) is 0 Å². The van der Waals surface area contributed by atoms with Crippen LogP contribution in [0.25, 0.3) is 0 Å². The van der Waals surface area contributed by atoms with Gasteiger partial charge in [-0.2, -0.15) is 0 Å². The van der Waals surface area contributed by atoms with Crippen LogP contribution in [0.15, 0.2) is 0 Å². The molecule has 2 aliphatic carbocycles. The summed E-state index contributed by atoms with van der Waals surface area (Å²) in [5.41, 5.74) is 1.13. The number of rotatable bonds is 5. The van der Waals surface area contributed by atoms with Gasteiger partial charge in [0.1, 0.15) is 17.5 Å². The number of anilines is 2. The lowest BCUT2D eigenvalue weighted by molar-refractivity contribution is 0.304. The van der Waals surface area contributed by atoms with Crippen LogP contribution in [0.3, 0.4) is 0 Å². The monoisotopic (exact) mass is 288 g/mol. The third kappa shape index (κ3) is 2.72. The Kier molecular flexibility index (Phi) is 4.05. The lowest BCUT2D eigenvalue weighted by atomic mass is 9.84. The lowest BCUT2D eigenvalue weighted by Gasteiger charge is -2.29. The van der Waals surface area contributed by atoms with E-state index in [4.69, 9.17) is 4.98 Å². The standard InChI is InChI=1S/C17H28N4/c1-5-15-20-16(18-4)10(2)17(21-15)19-11(3)14-9-12-6-7-13(14)8-12/h11-14H,5-9H2,1-4H3,(H2,18,19,20,21). The Morgan fingerprint density at radius 3 is 2.52 bits per heavy atom. The number of hydrogen-bond acceptors (Lipinski definition) is 4. The van der Waals surface area contributed by atoms with Crippen molar-refractivity contribution in [1.82, 2.24) is 9.97 Å². The van der Waals surface area contributed by atoms with Crippen LogP contribution < -0.4 is 10.6 Å². The SMILES string of the molecule is CCc1nc(NC)c(C)c(NC(C)C2CC3CCC2C3)n1. The third-order valence-electron chi connectivity index (χ3n) is 5.54. The Morgan fingerprint density at radius 1 is 1.19 bits per heavy atom. The molecule has 2 aliphatic rings. The smallest absolute Gasteiger partial charge is 0.134 e. The van der Waals surface area contributed by atoms with E-state index in [9.17, 15) is 0 Å². The maximum atomic E-state index is 4.71. The fourth-order valence-corrected chi connectivity index (χ4v) is 4.33. The largest absolute Gasteiger partial charge is 0.373 e. The summed E-state index contributed by atoms with van der Waals surface area (Å²) in [4.78, 5) is 9.26. The Morgan fingerprint density at radius 2 is 1.95 bits per heavy atom. The summed E-state index contributed by atoms with van der Waals surface area (Å²) in [6, 6.07) is 0.503. The molecule has 1 aromatic rings. The van der Waals surface area contributed by atoms with Gasteiger partial charge in [-0.1, -0.05) is 13.3 Å². The van der Waals surface area contributed by atoms with Gasteiger partial charge < -0.3 is 10.6 Å². The number of nitrogens with zero attached hydrogens (tertiary/aromatic N) is 2. The molecule has 2 fully saturated rings. The maximum absolute atomic E-state index is 4.71. The van der Waals surface area contributed by atoms with E-state index >= 15 is 0 Å². The fourth-order valence-electron chi connectivity index (χ4n) is 4.33. The summed E-state index contributed by atoms with van der Waals surface area (Å²) in [6.07, 6.45) is 6.63. The van der Waals surface area contributed by atoms with Crippen molar-refractivity contribution in [2.24, 2.45) is 17.8 Å². The molecule has 4 nitrogen and oxygen atoms in total. The van der Waals surface area contributed by atoms with Crippen molar-refractivity contribution in [3.63, 3.8) is 0 Å². The molecule has 116 valence electrons. The molecule has 0 amide bonds. The van der Waals surface area contributed by atoms with Gasteiger partial charge in [-0.25, -0.2) is 9.97 Å². The summed E-state index contributed by atoms with van der Waals surface area (Å²) < 4.78 is 0. The molecule has 4 heteroatoms. The van der Waals surface area contributed by atoms with Crippen LogP contribution in [0, 0.1) is 24.7 Å². The van der Waals surface area contributed by atoms with Gasteiger partial charge in [-0.3, -0.25) is 0 Å². The van der Waals surface area contributed by atoms with E-state index in [1.54, 1.807) is 0 Å². The normalized spacial score (nSPS) is 28.7. The average Bonchev–Trinajstić information content (AvgIpc) is 3.12. The number of aromatic nitrogens is 2. The molecule has 2 N–H and O–H groups in total. The molecule has 2 bridgehead atoms. The second-order valence-corrected chi connectivity index (χ2v) is 6.84. The molecular formula is C17H28N4. The van der Waals surface area contributed by atoms with Crippen molar-refractivity contribution in [3.05, 3.63) is 11.4 Å². The van der Waals surface area contributed by atoms with E-state index in [0.717, 1.165) is 47.2 Å². The predicted molar refractivity (Wildman–Crippen MR) is 87.7 cm³/mol. The topological polar surface area (TPSA) is 49.8 Å². The first-order valence-electron chi connectivity index (χ1n) is 8.44. The molecule has 21 heavy (non-hydrogen) atoms. The molecule has 0 spiro atoms. The molecular weight excluding hydrogens is 260 g/mol. The number of fused-ring (bicyclic) bond motifs is 2. The minimum absolute atomic E-state index is 0.503. The quantitative estimate of drug-likeness (QED) is 0.868. The van der Waals surface area contributed by atoms with Gasteiger partial charge in [-0.05, 0) is 50.9 Å². The first-order chi connectivity index (χ1) is 10.1. The van der Waals surface area contributed by atoms with E-state index in [2.05, 4.69) is 36.4 Å². The van der Waals surface area contributed by atoms with Crippen LogP contribution in [-0.2, 0) is 6.42 Å². The highest BCUT2D eigenvalue weighted by Gasteiger charge is 2.41. The van der Waals surface area contributed by atoms with Crippen molar-refractivity contribution in [2.45, 2.75) is 58.9 Å². The zero-order valence-electron chi connectivity index (χ0n) is 13.7. The summed E-state index contributed by atoms with van der Waals surface area (Å²) in [5.74, 6) is 5.63. The van der Waals surface area contributed by atoms with Crippen LogP contribution >= 0.6 is 0 Å². The molecule has 1 heterocycles. The summed E-state index contributed by atoms with van der Waals surface area (Å²) in [7, 11) is 1.93. The van der Waals surface area contributed by atoms with Crippen LogP contribution in [0.1, 0.15) is 50.9 Å². The highest BCUT2D eigenvalue weighted by atomic mass is 15.1. The van der Waals surface area contributed by atoms with E-state index in [0.29, 0.717) is 6.04 Å². The van der Waals surface area contributed by atoms with Crippen LogP contribution in [0.2, 0.25) is 0 Å². The van der Waals surface area contributed by atoms with Gasteiger partial charge in [0.15, 0.2) is 0 Å². The summed E-state index contributed by atoms with van der Waals surface area (Å²) in [6.45, 7) is 6.53. The second-order valence-electron chi connectivity index (χ2n) is 6.84. The molecule has 0 saturated heterocycles. The fraction of sp³-hybridized carbons (Fsp3) is 0.765. The Labute approximate surface area is 128 Å². The average molecular weight is 288 g/mol. The minimum atomic E-state index is 0.503. The third-order valence-corrected chi connectivity index (χ3v) is 5.54. The summed E-state index contributed by atoms with van der Waals surface area (Å²) in [5, 5.41) is 6.88. The first-order valence-corrected chi connectivity index (χ1v) is 8.44. The zero-order chi connectivity index (χ0) is 15.0. The van der Waals surface area contributed by atoms with Gasteiger partial charge in [0.2, 0.25) is 0 Å². The zero-order valence-corrected chi connectivity index (χ0v) is 13.7. The van der Waals surface area contributed by atoms with Crippen LogP contribution in [0.5, 0.6) is 0 Å². The Balaban J connectivity index is 1.77. The van der Waals surface area contributed by atoms with E-state index in [1.165, 1.54) is 25.7 Å². The van der Waals surface area contributed by atoms with Gasteiger partial charge in [0.05, 0.1) is 0 Å². The van der Waals surface area contributed by atoms with Crippen molar-refractivity contribution >= 4 is 11.6 Å². The van der Waals surface area contributed by atoms with Crippen LogP contribution in [0.4, 0.5) is 11.6 Å². The second kappa shape index (κ2) is 5.82. The molecule has 0 radical (unpaired) electrons. The lowest BCUT2D eigenvalue weighted by Crippen LogP contribution is -2.30. The van der Waals surface area contributed by atoms with Crippen LogP contribution in [-0.4, -0.2) is 23.1 Å². The highest BCUT2D eigenvalue weighted by molar-refractivity contribution is 5.57. The minimum Gasteiger partial charge on any atom is -0.373 e. The van der Waals surface area contributed by atoms with E-state index < -0.39 is 0 Å². The number of aryl methyl sites for hydroxylation is 1. The number of nitrogens with one attached hydrogen (secondary N) is 2. The molecule has 0 aromatic carbocycles. The Bertz CT molecular complexity index is 514. The van der Waals surface area contributed by atoms with Gasteiger partial charge in [-0.15, -0.1) is 0 Å². The maximum Gasteiger partial charge on any atom is 0.134 e. The van der Waals surface area contributed by atoms with Crippen molar-refractivity contribution in [2.75, 3.05) is 17.7 Å². The summed E-state index contributed by atoms with van der Waals surface area (Å²) >= 11 is 0. The molecule has 3 rings (SSSR count). The van der Waals surface area contributed by atoms with Gasteiger partial charge in [0, 0.05) is 25.1 Å². The van der Waals surface area contributed by atoms with Gasteiger partial charge >= 0.3 is 0 Å². The van der Waals surface area contributed by atoms with Crippen molar-refractivity contribution in [1.29, 1.82) is 0 Å². The van der Waals surface area contributed by atoms with Gasteiger partial charge in [0.25, 0.3) is 0 Å². The first kappa shape index (κ1) is 14.6. The number of hydrogen-bond donors (Lipinski definition) is 2. The molecule has 4 unspecified atom stereocenters. The Hall–Kier alpha value is -1.32. The van der Waals surface area contributed by atoms with Crippen molar-refractivity contribution < 1.29 is 0 Å². The van der Waals surface area contributed by atoms with Crippen molar-refractivity contribution in [3.8, 4) is 0 Å². The molecule has 4 atom stereocenters.